The summed E-state index contributed by atoms with van der Waals surface area (Å²) in [6.45, 7) is 1.09. The highest BCUT2D eigenvalue weighted by Gasteiger charge is 2.11. The Kier molecular flexibility index (Phi) is 2.69. The lowest BCUT2D eigenvalue weighted by molar-refractivity contribution is 0.385. The van der Waals surface area contributed by atoms with Gasteiger partial charge in [0.1, 0.15) is 0 Å². The maximum absolute atomic E-state index is 3.51. The molecule has 0 radical (unpaired) electrons. The van der Waals surface area contributed by atoms with Gasteiger partial charge in [0.05, 0.1) is 0 Å². The third-order valence-corrected chi connectivity index (χ3v) is 2.37. The summed E-state index contributed by atoms with van der Waals surface area (Å²) in [5.41, 5.74) is 0. The zero-order valence-electron chi connectivity index (χ0n) is 6.34. The van der Waals surface area contributed by atoms with Crippen molar-refractivity contribution in [3.63, 3.8) is 0 Å². The molecule has 0 bridgehead atoms. The van der Waals surface area contributed by atoms with E-state index >= 15 is 0 Å². The van der Waals surface area contributed by atoms with Crippen LogP contribution in [0.1, 0.15) is 0 Å². The molecular weight excluding hydrogens is 190 g/mol. The Morgan fingerprint density at radius 1 is 1.60 bits per heavy atom. The van der Waals surface area contributed by atoms with Crippen LogP contribution in [-0.4, -0.2) is 25.5 Å². The Labute approximate surface area is 70.5 Å². The molecule has 0 spiro atoms. The first-order valence-corrected chi connectivity index (χ1v) is 4.18. The number of rotatable bonds is 2. The summed E-state index contributed by atoms with van der Waals surface area (Å²) in [7, 11) is 4.18. The first-order chi connectivity index (χ1) is 4.70. The minimum absolute atomic E-state index is 0.579. The van der Waals surface area contributed by atoms with E-state index in [4.69, 9.17) is 0 Å². The fourth-order valence-electron chi connectivity index (χ4n) is 1.04. The maximum atomic E-state index is 3.51. The SMILES string of the molecule is CN(C)CC1C=CC=C1Br. The van der Waals surface area contributed by atoms with Gasteiger partial charge < -0.3 is 4.90 Å². The summed E-state index contributed by atoms with van der Waals surface area (Å²) in [4.78, 5) is 2.19. The first kappa shape index (κ1) is 8.02. The van der Waals surface area contributed by atoms with Crippen molar-refractivity contribution in [1.29, 1.82) is 0 Å². The number of allylic oxidation sites excluding steroid dienone is 2. The summed E-state index contributed by atoms with van der Waals surface area (Å²) >= 11 is 3.51. The van der Waals surface area contributed by atoms with Gasteiger partial charge in [-0.3, -0.25) is 0 Å². The van der Waals surface area contributed by atoms with Crippen LogP contribution in [0.25, 0.3) is 0 Å². The topological polar surface area (TPSA) is 3.24 Å². The normalized spacial score (nSPS) is 24.0. The molecule has 0 aromatic rings. The van der Waals surface area contributed by atoms with Gasteiger partial charge in [0.25, 0.3) is 0 Å². The van der Waals surface area contributed by atoms with E-state index in [0.29, 0.717) is 5.92 Å². The molecule has 0 aromatic carbocycles. The van der Waals surface area contributed by atoms with Crippen molar-refractivity contribution in [3.8, 4) is 0 Å². The number of hydrogen-bond acceptors (Lipinski definition) is 1. The molecule has 1 unspecified atom stereocenters. The second-order valence-corrected chi connectivity index (χ2v) is 3.72. The van der Waals surface area contributed by atoms with E-state index in [9.17, 15) is 0 Å². The van der Waals surface area contributed by atoms with Gasteiger partial charge in [0, 0.05) is 16.9 Å². The van der Waals surface area contributed by atoms with E-state index in [-0.39, 0.29) is 0 Å². The molecule has 0 saturated heterocycles. The van der Waals surface area contributed by atoms with Crippen LogP contribution in [0.15, 0.2) is 22.7 Å². The molecule has 0 fully saturated rings. The minimum atomic E-state index is 0.579. The summed E-state index contributed by atoms with van der Waals surface area (Å²) in [5, 5.41) is 0. The van der Waals surface area contributed by atoms with Crippen molar-refractivity contribution >= 4 is 15.9 Å². The lowest BCUT2D eigenvalue weighted by atomic mass is 10.2. The van der Waals surface area contributed by atoms with E-state index in [0.717, 1.165) is 6.54 Å². The molecular formula is C8H12BrN. The summed E-state index contributed by atoms with van der Waals surface area (Å²) < 4.78 is 1.29. The third kappa shape index (κ3) is 1.96. The standard InChI is InChI=1S/C8H12BrN/c1-10(2)6-7-4-3-5-8(7)9/h3-5,7H,6H2,1-2H3. The van der Waals surface area contributed by atoms with Crippen LogP contribution in [0.3, 0.4) is 0 Å². The van der Waals surface area contributed by atoms with Crippen molar-refractivity contribution < 1.29 is 0 Å². The van der Waals surface area contributed by atoms with Crippen LogP contribution < -0.4 is 0 Å². The molecule has 0 amide bonds. The molecule has 1 aliphatic rings. The van der Waals surface area contributed by atoms with Crippen LogP contribution in [0.4, 0.5) is 0 Å². The summed E-state index contributed by atoms with van der Waals surface area (Å²) in [6, 6.07) is 0. The van der Waals surface area contributed by atoms with Crippen molar-refractivity contribution in [1.82, 2.24) is 4.90 Å². The second kappa shape index (κ2) is 3.35. The predicted octanol–water partition coefficient (Wildman–Crippen LogP) is 2.01. The fraction of sp³-hybridized carbons (Fsp3) is 0.500. The highest BCUT2D eigenvalue weighted by atomic mass is 79.9. The van der Waals surface area contributed by atoms with Crippen LogP contribution in [0.2, 0.25) is 0 Å². The Balaban J connectivity index is 2.43. The molecule has 0 heterocycles. The molecule has 1 aliphatic carbocycles. The maximum Gasteiger partial charge on any atom is 0.0215 e. The van der Waals surface area contributed by atoms with Gasteiger partial charge >= 0.3 is 0 Å². The average Bonchev–Trinajstić information content (AvgIpc) is 2.15. The largest absolute Gasteiger partial charge is 0.308 e. The summed E-state index contributed by atoms with van der Waals surface area (Å²) in [6.07, 6.45) is 6.41. The van der Waals surface area contributed by atoms with E-state index in [1.165, 1.54) is 4.48 Å². The molecule has 1 nitrogen and oxygen atoms in total. The minimum Gasteiger partial charge on any atom is -0.308 e. The van der Waals surface area contributed by atoms with Gasteiger partial charge in [-0.25, -0.2) is 0 Å². The summed E-state index contributed by atoms with van der Waals surface area (Å²) in [5.74, 6) is 0.579. The number of nitrogens with zero attached hydrogens (tertiary/aromatic N) is 1. The zero-order valence-corrected chi connectivity index (χ0v) is 7.93. The van der Waals surface area contributed by atoms with E-state index < -0.39 is 0 Å². The van der Waals surface area contributed by atoms with Crippen molar-refractivity contribution in [2.24, 2.45) is 5.92 Å². The molecule has 2 heteroatoms. The highest BCUT2D eigenvalue weighted by Crippen LogP contribution is 2.24. The Morgan fingerprint density at radius 2 is 2.30 bits per heavy atom. The average molecular weight is 202 g/mol. The molecule has 0 saturated carbocycles. The van der Waals surface area contributed by atoms with Gasteiger partial charge in [0.2, 0.25) is 0 Å². The Hall–Kier alpha value is -0.0800. The van der Waals surface area contributed by atoms with E-state index in [1.807, 2.05) is 0 Å². The van der Waals surface area contributed by atoms with Gasteiger partial charge in [-0.2, -0.15) is 0 Å². The van der Waals surface area contributed by atoms with E-state index in [2.05, 4.69) is 53.2 Å². The van der Waals surface area contributed by atoms with Crippen LogP contribution >= 0.6 is 15.9 Å². The fourth-order valence-corrected chi connectivity index (χ4v) is 1.49. The van der Waals surface area contributed by atoms with Crippen LogP contribution in [0, 0.1) is 5.92 Å². The van der Waals surface area contributed by atoms with Crippen LogP contribution in [-0.2, 0) is 0 Å². The van der Waals surface area contributed by atoms with Gasteiger partial charge in [-0.1, -0.05) is 34.2 Å². The Morgan fingerprint density at radius 3 is 2.70 bits per heavy atom. The molecule has 0 aliphatic heterocycles. The van der Waals surface area contributed by atoms with Crippen molar-refractivity contribution in [3.05, 3.63) is 22.7 Å². The quantitative estimate of drug-likeness (QED) is 0.662. The lowest BCUT2D eigenvalue weighted by Crippen LogP contribution is -2.19. The molecule has 1 atom stereocenters. The highest BCUT2D eigenvalue weighted by molar-refractivity contribution is 9.11. The number of halogens is 1. The molecule has 56 valence electrons. The van der Waals surface area contributed by atoms with Gasteiger partial charge in [-0.05, 0) is 14.1 Å². The van der Waals surface area contributed by atoms with Crippen molar-refractivity contribution in [2.75, 3.05) is 20.6 Å². The molecule has 1 rings (SSSR count). The monoisotopic (exact) mass is 201 g/mol. The van der Waals surface area contributed by atoms with Crippen LogP contribution in [0.5, 0.6) is 0 Å². The Bertz CT molecular complexity index is 170. The zero-order chi connectivity index (χ0) is 7.56. The molecule has 10 heavy (non-hydrogen) atoms. The predicted molar refractivity (Wildman–Crippen MR) is 48.2 cm³/mol. The third-order valence-electron chi connectivity index (χ3n) is 1.51. The smallest absolute Gasteiger partial charge is 0.0215 e. The number of hydrogen-bond donors (Lipinski definition) is 0. The van der Waals surface area contributed by atoms with Crippen molar-refractivity contribution in [2.45, 2.75) is 0 Å². The van der Waals surface area contributed by atoms with Gasteiger partial charge in [-0.15, -0.1) is 0 Å². The van der Waals surface area contributed by atoms with Gasteiger partial charge in [0.15, 0.2) is 0 Å². The molecule has 0 N–H and O–H groups in total. The first-order valence-electron chi connectivity index (χ1n) is 3.39. The lowest BCUT2D eigenvalue weighted by Gasteiger charge is -2.14. The second-order valence-electron chi connectivity index (χ2n) is 2.81. The van der Waals surface area contributed by atoms with E-state index in [1.54, 1.807) is 0 Å². The molecule has 0 aromatic heterocycles.